The molecule has 0 bridgehead atoms. The third kappa shape index (κ3) is 5.90. The zero-order chi connectivity index (χ0) is 39.5. The molecule has 4 aromatic rings. The van der Waals surface area contributed by atoms with Crippen LogP contribution in [0, 0.1) is 23.7 Å². The van der Waals surface area contributed by atoms with Crippen LogP contribution in [0.15, 0.2) is 90.5 Å². The van der Waals surface area contributed by atoms with Gasteiger partial charge in [-0.3, -0.25) is 34.3 Å². The third-order valence-corrected chi connectivity index (χ3v) is 12.7. The van der Waals surface area contributed by atoms with Crippen LogP contribution < -0.4 is 10.2 Å². The van der Waals surface area contributed by atoms with Crippen molar-refractivity contribution >= 4 is 69.3 Å². The number of aromatic hydroxyl groups is 1. The van der Waals surface area contributed by atoms with Crippen molar-refractivity contribution in [2.45, 2.75) is 49.9 Å². The highest BCUT2D eigenvalue weighted by Crippen LogP contribution is 2.65. The molecule has 56 heavy (non-hydrogen) atoms. The molecule has 3 N–H and O–H groups in total. The largest absolute Gasteiger partial charge is 0.507 e. The number of carboxylic acid groups (broad SMARTS) is 1. The number of carbonyl (C=O) groups excluding carboxylic acids is 4. The van der Waals surface area contributed by atoms with Crippen LogP contribution in [0.4, 0.5) is 5.69 Å². The molecular formula is C43H39Cl2N3O8. The Morgan fingerprint density at radius 2 is 1.64 bits per heavy atom. The van der Waals surface area contributed by atoms with E-state index in [0.717, 1.165) is 10.6 Å². The highest BCUT2D eigenvalue weighted by molar-refractivity contribution is 6.36. The minimum atomic E-state index is -1.56. The van der Waals surface area contributed by atoms with E-state index in [1.807, 2.05) is 24.3 Å². The number of carboxylic acids is 1. The van der Waals surface area contributed by atoms with Gasteiger partial charge in [0.1, 0.15) is 11.5 Å². The summed E-state index contributed by atoms with van der Waals surface area (Å²) in [4.78, 5) is 71.4. The standard InChI is InChI=1S/C43H39Cl2N3O8/c1-56-25-13-10-23(11-14-25)43-32(40(53)48(42(43)55)46-34-18-12-24(44)21-33(34)45)22-31-29(38(43)28-17-19-35(49)27-8-5-4-7-26(27)28)15-16-30-37(31)41(54)47(39(30)52)20-6-2-3-9-36(50)51/h4-5,7-8,10-15,17-19,21,30-32,37-38,46,49H,2-3,6,9,16,20,22H2,1H3,(H,50,51)/t30-,31+,32-,37-,38-,43+/m0/s1. The van der Waals surface area contributed by atoms with Crippen LogP contribution in [0.2, 0.25) is 10.0 Å². The zero-order valence-electron chi connectivity index (χ0n) is 30.4. The van der Waals surface area contributed by atoms with Gasteiger partial charge in [-0.25, -0.2) is 0 Å². The quantitative estimate of drug-likeness (QED) is 0.0796. The molecule has 1 saturated carbocycles. The number of hydrogen-bond donors (Lipinski definition) is 3. The van der Waals surface area contributed by atoms with E-state index in [0.29, 0.717) is 57.6 Å². The molecule has 0 radical (unpaired) electrons. The van der Waals surface area contributed by atoms with Gasteiger partial charge in [-0.05, 0) is 84.5 Å². The van der Waals surface area contributed by atoms with E-state index in [1.54, 1.807) is 61.7 Å². The van der Waals surface area contributed by atoms with Gasteiger partial charge in [-0.15, -0.1) is 0 Å². The van der Waals surface area contributed by atoms with Crippen molar-refractivity contribution < 1.29 is 38.9 Å². The maximum atomic E-state index is 15.6. The summed E-state index contributed by atoms with van der Waals surface area (Å²) in [7, 11) is 1.54. The summed E-state index contributed by atoms with van der Waals surface area (Å²) in [5.74, 6) is -5.74. The summed E-state index contributed by atoms with van der Waals surface area (Å²) in [6.45, 7) is 0.175. The number of ether oxygens (including phenoxy) is 1. The van der Waals surface area contributed by atoms with Crippen LogP contribution in [0.3, 0.4) is 0 Å². The van der Waals surface area contributed by atoms with Gasteiger partial charge in [0.15, 0.2) is 0 Å². The Balaban J connectivity index is 1.30. The van der Waals surface area contributed by atoms with Crippen LogP contribution in [0.5, 0.6) is 11.5 Å². The predicted octanol–water partition coefficient (Wildman–Crippen LogP) is 7.49. The maximum absolute atomic E-state index is 15.6. The molecule has 288 valence electrons. The number of rotatable bonds is 11. The first kappa shape index (κ1) is 37.5. The van der Waals surface area contributed by atoms with Crippen molar-refractivity contribution in [1.82, 2.24) is 9.91 Å². The summed E-state index contributed by atoms with van der Waals surface area (Å²) in [5, 5.41) is 22.9. The van der Waals surface area contributed by atoms with Crippen molar-refractivity contribution in [2.24, 2.45) is 23.7 Å². The summed E-state index contributed by atoms with van der Waals surface area (Å²) in [6, 6.07) is 22.5. The van der Waals surface area contributed by atoms with Gasteiger partial charge in [0.25, 0.3) is 11.8 Å². The number of methoxy groups -OCH3 is 1. The SMILES string of the molecule is COc1ccc([C@@]23C(=O)N(Nc4ccc(Cl)cc4Cl)C(=O)[C@@H]2C[C@@H]2C(=CC[C@@H]4C(=O)N(CCCCCC(=O)O)C(=O)[C@@H]42)[C@@H]3c2ccc(O)c3ccccc23)cc1. The van der Waals surface area contributed by atoms with E-state index in [1.165, 1.54) is 11.0 Å². The Kier molecular flexibility index (Phi) is 9.78. The number of fused-ring (bicyclic) bond motifs is 5. The van der Waals surface area contributed by atoms with Gasteiger partial charge in [0.05, 0.1) is 41.0 Å². The molecule has 0 aromatic heterocycles. The highest BCUT2D eigenvalue weighted by atomic mass is 35.5. The average molecular weight is 797 g/mol. The molecule has 0 unspecified atom stereocenters. The van der Waals surface area contributed by atoms with Gasteiger partial charge in [0, 0.05) is 29.3 Å². The number of aliphatic carboxylic acids is 1. The second-order valence-corrected chi connectivity index (χ2v) is 15.8. The number of likely N-dealkylation sites (tertiary alicyclic amines) is 1. The minimum Gasteiger partial charge on any atom is -0.507 e. The van der Waals surface area contributed by atoms with Crippen LogP contribution in [-0.4, -0.2) is 63.4 Å². The summed E-state index contributed by atoms with van der Waals surface area (Å²) in [5.41, 5.74) is 3.78. The number of hydrazine groups is 1. The molecule has 3 fully saturated rings. The first-order valence-corrected chi connectivity index (χ1v) is 19.4. The van der Waals surface area contributed by atoms with E-state index < -0.39 is 52.8 Å². The number of halogens is 2. The number of anilines is 1. The predicted molar refractivity (Wildman–Crippen MR) is 209 cm³/mol. The van der Waals surface area contributed by atoms with E-state index in [4.69, 9.17) is 33.0 Å². The molecule has 11 nitrogen and oxygen atoms in total. The fraction of sp³-hybridized carbons (Fsp3) is 0.326. The molecule has 6 atom stereocenters. The van der Waals surface area contributed by atoms with E-state index in [9.17, 15) is 19.5 Å². The first-order valence-electron chi connectivity index (χ1n) is 18.7. The molecule has 0 spiro atoms. The Labute approximate surface area is 332 Å². The van der Waals surface area contributed by atoms with Crippen LogP contribution in [0.25, 0.3) is 10.8 Å². The van der Waals surface area contributed by atoms with E-state index in [-0.39, 0.29) is 48.4 Å². The highest BCUT2D eigenvalue weighted by Gasteiger charge is 2.70. The fourth-order valence-electron chi connectivity index (χ4n) is 9.75. The van der Waals surface area contributed by atoms with Gasteiger partial charge in [-0.1, -0.05) is 83.7 Å². The lowest BCUT2D eigenvalue weighted by Crippen LogP contribution is -2.53. The second kappa shape index (κ2) is 14.6. The number of nitrogens with one attached hydrogen (secondary N) is 1. The van der Waals surface area contributed by atoms with E-state index in [2.05, 4.69) is 5.43 Å². The number of hydrogen-bond acceptors (Lipinski definition) is 8. The lowest BCUT2D eigenvalue weighted by molar-refractivity contribution is -0.141. The Hall–Kier alpha value is -5.39. The summed E-state index contributed by atoms with van der Waals surface area (Å²) in [6.07, 6.45) is 3.82. The summed E-state index contributed by atoms with van der Waals surface area (Å²) >= 11 is 12.8. The molecule has 8 rings (SSSR count). The molecule has 2 aliphatic heterocycles. The first-order chi connectivity index (χ1) is 27.0. The monoisotopic (exact) mass is 795 g/mol. The fourth-order valence-corrected chi connectivity index (χ4v) is 10.2. The number of allylic oxidation sites excluding steroid dienone is 2. The van der Waals surface area contributed by atoms with Crippen LogP contribution in [0.1, 0.15) is 55.6 Å². The number of phenols is 1. The number of amides is 4. The number of phenolic OH excluding ortho intramolecular Hbond substituents is 1. The number of carbonyl (C=O) groups is 5. The Morgan fingerprint density at radius 3 is 2.36 bits per heavy atom. The van der Waals surface area contributed by atoms with Crippen LogP contribution in [-0.2, 0) is 29.4 Å². The second-order valence-electron chi connectivity index (χ2n) is 15.0. The van der Waals surface area contributed by atoms with Crippen molar-refractivity contribution in [1.29, 1.82) is 0 Å². The maximum Gasteiger partial charge on any atom is 0.303 e. The Morgan fingerprint density at radius 1 is 0.893 bits per heavy atom. The molecule has 4 amide bonds. The van der Waals surface area contributed by atoms with Crippen molar-refractivity contribution in [3.8, 4) is 11.5 Å². The molecule has 13 heteroatoms. The van der Waals surface area contributed by atoms with Gasteiger partial charge in [0.2, 0.25) is 11.8 Å². The number of imide groups is 2. The van der Waals surface area contributed by atoms with Crippen molar-refractivity contribution in [2.75, 3.05) is 19.1 Å². The van der Waals surface area contributed by atoms with E-state index >= 15 is 9.59 Å². The lowest BCUT2D eigenvalue weighted by atomic mass is 9.49. The van der Waals surface area contributed by atoms with Gasteiger partial charge >= 0.3 is 5.97 Å². The average Bonchev–Trinajstić information content (AvgIpc) is 3.56. The summed E-state index contributed by atoms with van der Waals surface area (Å²) < 4.78 is 5.50. The van der Waals surface area contributed by atoms with Gasteiger partial charge < -0.3 is 14.9 Å². The molecule has 2 aliphatic carbocycles. The Bertz CT molecular complexity index is 2330. The minimum absolute atomic E-state index is 0.00993. The smallest absolute Gasteiger partial charge is 0.303 e. The van der Waals surface area contributed by atoms with Crippen molar-refractivity contribution in [3.63, 3.8) is 0 Å². The third-order valence-electron chi connectivity index (χ3n) is 12.2. The topological polar surface area (TPSA) is 154 Å². The number of nitrogens with zero attached hydrogens (tertiary/aromatic N) is 2. The molecule has 4 aromatic carbocycles. The van der Waals surface area contributed by atoms with Crippen LogP contribution >= 0.6 is 23.2 Å². The van der Waals surface area contributed by atoms with Crippen molar-refractivity contribution in [3.05, 3.63) is 112 Å². The molecule has 4 aliphatic rings. The molecule has 2 heterocycles. The molecule has 2 saturated heterocycles. The molecular weight excluding hydrogens is 757 g/mol. The number of benzene rings is 4. The zero-order valence-corrected chi connectivity index (χ0v) is 31.9. The normalized spacial score (nSPS) is 25.6. The number of unbranched alkanes of at least 4 members (excludes halogenated alkanes) is 2. The lowest BCUT2D eigenvalue weighted by Gasteiger charge is -2.51. The van der Waals surface area contributed by atoms with Gasteiger partial charge in [-0.2, -0.15) is 5.01 Å².